The number of rotatable bonds is 4. The van der Waals surface area contributed by atoms with Crippen LogP contribution in [0.2, 0.25) is 10.0 Å². The monoisotopic (exact) mass is 325 g/mol. The van der Waals surface area contributed by atoms with Crippen molar-refractivity contribution in [3.63, 3.8) is 0 Å². The molecule has 0 spiro atoms. The smallest absolute Gasteiger partial charge is 0.236 e. The van der Waals surface area contributed by atoms with Gasteiger partial charge < -0.3 is 9.15 Å². The molecule has 0 saturated heterocycles. The van der Waals surface area contributed by atoms with E-state index >= 15 is 0 Å². The summed E-state index contributed by atoms with van der Waals surface area (Å²) in [6, 6.07) is 8.98. The lowest BCUT2D eigenvalue weighted by molar-refractivity contribution is 0.301. The first-order chi connectivity index (χ1) is 9.72. The topological polar surface area (TPSA) is 35.3 Å². The minimum atomic E-state index is 0.273. The van der Waals surface area contributed by atoms with Crippen molar-refractivity contribution in [1.29, 1.82) is 0 Å². The maximum atomic E-state index is 6.02. The van der Waals surface area contributed by atoms with Crippen molar-refractivity contribution in [3.05, 3.63) is 57.7 Å². The van der Waals surface area contributed by atoms with Gasteiger partial charge in [0, 0.05) is 11.1 Å². The Morgan fingerprint density at radius 3 is 2.95 bits per heavy atom. The molecule has 2 heterocycles. The molecular formula is C14H9Cl2NO2S. The van der Waals surface area contributed by atoms with Gasteiger partial charge in [-0.15, -0.1) is 11.3 Å². The van der Waals surface area contributed by atoms with Gasteiger partial charge in [0.05, 0.1) is 9.90 Å². The van der Waals surface area contributed by atoms with E-state index in [1.165, 1.54) is 0 Å². The van der Waals surface area contributed by atoms with Crippen LogP contribution < -0.4 is 4.74 Å². The van der Waals surface area contributed by atoms with Crippen LogP contribution in [-0.2, 0) is 6.61 Å². The van der Waals surface area contributed by atoms with Crippen LogP contribution in [0.3, 0.4) is 0 Å². The Hall–Kier alpha value is -1.49. The average Bonchev–Trinajstić information content (AvgIpc) is 3.09. The molecule has 2 aromatic heterocycles. The number of benzene rings is 1. The molecule has 0 atom stereocenters. The van der Waals surface area contributed by atoms with E-state index in [1.807, 2.05) is 17.5 Å². The summed E-state index contributed by atoms with van der Waals surface area (Å²) in [5.74, 6) is 1.12. The van der Waals surface area contributed by atoms with E-state index in [0.717, 1.165) is 4.88 Å². The maximum Gasteiger partial charge on any atom is 0.236 e. The van der Waals surface area contributed by atoms with Crippen molar-refractivity contribution in [2.45, 2.75) is 6.61 Å². The summed E-state index contributed by atoms with van der Waals surface area (Å²) in [6.45, 7) is 0.273. The standard InChI is InChI=1S/C14H9Cl2NO2S/c15-9-3-4-11(16)12(6-9)18-7-10-8-19-14(17-10)13-2-1-5-20-13/h1-6,8H,7H2. The summed E-state index contributed by atoms with van der Waals surface area (Å²) in [5.41, 5.74) is 0.699. The number of halogens is 2. The number of oxazole rings is 1. The molecule has 0 unspecified atom stereocenters. The van der Waals surface area contributed by atoms with Crippen LogP contribution in [0.1, 0.15) is 5.69 Å². The molecule has 3 nitrogen and oxygen atoms in total. The Labute approximate surface area is 129 Å². The fourth-order valence-corrected chi connectivity index (χ4v) is 2.62. The normalized spacial score (nSPS) is 10.7. The number of ether oxygens (including phenoxy) is 1. The molecule has 0 radical (unpaired) electrons. The van der Waals surface area contributed by atoms with Gasteiger partial charge in [-0.05, 0) is 23.6 Å². The van der Waals surface area contributed by atoms with Gasteiger partial charge in [0.25, 0.3) is 0 Å². The van der Waals surface area contributed by atoms with Crippen molar-refractivity contribution in [1.82, 2.24) is 4.98 Å². The molecule has 3 aromatic rings. The van der Waals surface area contributed by atoms with Gasteiger partial charge in [-0.3, -0.25) is 0 Å². The number of thiophene rings is 1. The zero-order valence-electron chi connectivity index (χ0n) is 10.2. The van der Waals surface area contributed by atoms with E-state index < -0.39 is 0 Å². The third-order valence-electron chi connectivity index (χ3n) is 2.55. The minimum absolute atomic E-state index is 0.273. The molecule has 0 N–H and O–H groups in total. The van der Waals surface area contributed by atoms with Crippen molar-refractivity contribution in [2.24, 2.45) is 0 Å². The van der Waals surface area contributed by atoms with E-state index in [0.29, 0.717) is 27.4 Å². The molecule has 0 amide bonds. The van der Waals surface area contributed by atoms with Gasteiger partial charge in [-0.1, -0.05) is 29.3 Å². The summed E-state index contributed by atoms with van der Waals surface area (Å²) in [6.07, 6.45) is 1.58. The molecule has 1 aromatic carbocycles. The lowest BCUT2D eigenvalue weighted by Gasteiger charge is -2.06. The Balaban J connectivity index is 1.71. The lowest BCUT2D eigenvalue weighted by Crippen LogP contribution is -1.96. The molecular weight excluding hydrogens is 317 g/mol. The third kappa shape index (κ3) is 2.98. The van der Waals surface area contributed by atoms with Crippen LogP contribution in [0.4, 0.5) is 0 Å². The first kappa shape index (κ1) is 13.5. The molecule has 0 bridgehead atoms. The molecule has 0 aliphatic heterocycles. The molecule has 0 aliphatic rings. The fourth-order valence-electron chi connectivity index (χ4n) is 1.63. The fraction of sp³-hybridized carbons (Fsp3) is 0.0714. The predicted octanol–water partition coefficient (Wildman–Crippen LogP) is 5.29. The van der Waals surface area contributed by atoms with Crippen LogP contribution in [0.25, 0.3) is 10.8 Å². The molecule has 0 fully saturated rings. The molecule has 0 saturated carbocycles. The van der Waals surface area contributed by atoms with Gasteiger partial charge in [-0.2, -0.15) is 0 Å². The van der Waals surface area contributed by atoms with Crippen LogP contribution in [0.5, 0.6) is 5.75 Å². The van der Waals surface area contributed by atoms with Crippen molar-refractivity contribution in [3.8, 4) is 16.5 Å². The highest BCUT2D eigenvalue weighted by Gasteiger charge is 2.09. The van der Waals surface area contributed by atoms with E-state index in [9.17, 15) is 0 Å². The Kier molecular flexibility index (Phi) is 3.96. The predicted molar refractivity (Wildman–Crippen MR) is 80.6 cm³/mol. The van der Waals surface area contributed by atoms with Crippen LogP contribution >= 0.6 is 34.5 Å². The highest BCUT2D eigenvalue weighted by atomic mass is 35.5. The second-order valence-corrected chi connectivity index (χ2v) is 5.78. The van der Waals surface area contributed by atoms with Crippen LogP contribution in [-0.4, -0.2) is 4.98 Å². The second-order valence-electron chi connectivity index (χ2n) is 3.98. The number of hydrogen-bond donors (Lipinski definition) is 0. The summed E-state index contributed by atoms with van der Waals surface area (Å²) < 4.78 is 11.0. The van der Waals surface area contributed by atoms with E-state index in [4.69, 9.17) is 32.4 Å². The van der Waals surface area contributed by atoms with Crippen molar-refractivity contribution in [2.75, 3.05) is 0 Å². The SMILES string of the molecule is Clc1ccc(Cl)c(OCc2coc(-c3cccs3)n2)c1. The first-order valence-corrected chi connectivity index (χ1v) is 7.42. The summed E-state index contributed by atoms with van der Waals surface area (Å²) in [4.78, 5) is 5.35. The van der Waals surface area contributed by atoms with Gasteiger partial charge in [0.1, 0.15) is 24.3 Å². The van der Waals surface area contributed by atoms with Gasteiger partial charge in [0.15, 0.2) is 0 Å². The van der Waals surface area contributed by atoms with Crippen LogP contribution in [0, 0.1) is 0 Å². The summed E-state index contributed by atoms with van der Waals surface area (Å²) in [5, 5.41) is 3.06. The zero-order valence-corrected chi connectivity index (χ0v) is 12.5. The largest absolute Gasteiger partial charge is 0.486 e. The Morgan fingerprint density at radius 1 is 1.25 bits per heavy atom. The number of hydrogen-bond acceptors (Lipinski definition) is 4. The Morgan fingerprint density at radius 2 is 2.15 bits per heavy atom. The molecule has 20 heavy (non-hydrogen) atoms. The first-order valence-electron chi connectivity index (χ1n) is 5.78. The average molecular weight is 326 g/mol. The minimum Gasteiger partial charge on any atom is -0.486 e. The quantitative estimate of drug-likeness (QED) is 0.653. The van der Waals surface area contributed by atoms with Crippen LogP contribution in [0.15, 0.2) is 46.4 Å². The van der Waals surface area contributed by atoms with Crippen molar-refractivity contribution >= 4 is 34.5 Å². The molecule has 6 heteroatoms. The lowest BCUT2D eigenvalue weighted by atomic mass is 10.3. The summed E-state index contributed by atoms with van der Waals surface area (Å²) >= 11 is 13.5. The zero-order chi connectivity index (χ0) is 13.9. The van der Waals surface area contributed by atoms with E-state index in [2.05, 4.69) is 4.98 Å². The molecule has 102 valence electrons. The highest BCUT2D eigenvalue weighted by molar-refractivity contribution is 7.13. The highest BCUT2D eigenvalue weighted by Crippen LogP contribution is 2.29. The number of aromatic nitrogens is 1. The molecule has 3 rings (SSSR count). The third-order valence-corrected chi connectivity index (χ3v) is 3.96. The van der Waals surface area contributed by atoms with Gasteiger partial charge >= 0.3 is 0 Å². The Bertz CT molecular complexity index is 710. The number of nitrogens with zero attached hydrogens (tertiary/aromatic N) is 1. The van der Waals surface area contributed by atoms with E-state index in [-0.39, 0.29) is 6.61 Å². The van der Waals surface area contributed by atoms with Gasteiger partial charge in [-0.25, -0.2) is 4.98 Å². The molecule has 0 aliphatic carbocycles. The second kappa shape index (κ2) is 5.87. The van der Waals surface area contributed by atoms with Crippen molar-refractivity contribution < 1.29 is 9.15 Å². The van der Waals surface area contributed by atoms with Gasteiger partial charge in [0.2, 0.25) is 5.89 Å². The van der Waals surface area contributed by atoms with E-state index in [1.54, 1.807) is 35.8 Å². The summed E-state index contributed by atoms with van der Waals surface area (Å²) in [7, 11) is 0. The maximum absolute atomic E-state index is 6.02.